The van der Waals surface area contributed by atoms with Crippen molar-refractivity contribution in [3.05, 3.63) is 63.6 Å². The van der Waals surface area contributed by atoms with Crippen molar-refractivity contribution in [2.75, 3.05) is 14.2 Å². The number of nitrogens with zero attached hydrogens (tertiary/aromatic N) is 2. The molecule has 0 spiro atoms. The molecule has 0 bridgehead atoms. The van der Waals surface area contributed by atoms with Gasteiger partial charge in [0.05, 0.1) is 30.1 Å². The molecule has 2 N–H and O–H groups in total. The summed E-state index contributed by atoms with van der Waals surface area (Å²) in [6.07, 6.45) is 2.04. The van der Waals surface area contributed by atoms with E-state index in [0.29, 0.717) is 28.9 Å². The first kappa shape index (κ1) is 20.2. The van der Waals surface area contributed by atoms with E-state index in [2.05, 4.69) is 46.5 Å². The van der Waals surface area contributed by atoms with Gasteiger partial charge in [-0.2, -0.15) is 5.26 Å². The number of benzene rings is 2. The van der Waals surface area contributed by atoms with Gasteiger partial charge in [0.2, 0.25) is 5.88 Å². The summed E-state index contributed by atoms with van der Waals surface area (Å²) in [5.74, 6) is 1.57. The van der Waals surface area contributed by atoms with Crippen LogP contribution < -0.4 is 19.9 Å². The molecule has 2 aromatic carbocycles. The van der Waals surface area contributed by atoms with Gasteiger partial charge < -0.3 is 24.5 Å². The minimum Gasteiger partial charge on any atom is -0.493 e. The minimum atomic E-state index is -0.387. The van der Waals surface area contributed by atoms with Gasteiger partial charge >= 0.3 is 0 Å². The summed E-state index contributed by atoms with van der Waals surface area (Å²) in [7, 11) is 3.17. The van der Waals surface area contributed by atoms with Crippen LogP contribution in [0.2, 0.25) is 0 Å². The highest BCUT2D eigenvalue weighted by Crippen LogP contribution is 2.48. The Labute approximate surface area is 183 Å². The maximum absolute atomic E-state index is 9.87. The number of nitriles is 1. The van der Waals surface area contributed by atoms with Gasteiger partial charge in [0, 0.05) is 23.2 Å². The van der Waals surface area contributed by atoms with Crippen LogP contribution in [0.3, 0.4) is 0 Å². The van der Waals surface area contributed by atoms with Crippen LogP contribution in [0.1, 0.15) is 36.9 Å². The third-order valence-electron chi connectivity index (χ3n) is 5.43. The highest BCUT2D eigenvalue weighted by molar-refractivity contribution is 9.10. The number of hydrogen-bond acceptors (Lipinski definition) is 5. The number of halogens is 1. The van der Waals surface area contributed by atoms with Crippen molar-refractivity contribution in [3.63, 3.8) is 0 Å². The molecule has 1 aliphatic heterocycles. The van der Waals surface area contributed by atoms with Crippen molar-refractivity contribution in [3.8, 4) is 23.3 Å². The van der Waals surface area contributed by atoms with Gasteiger partial charge in [0.25, 0.3) is 0 Å². The van der Waals surface area contributed by atoms with E-state index in [1.165, 1.54) is 0 Å². The Balaban J connectivity index is 1.98. The molecule has 0 fully saturated rings. The van der Waals surface area contributed by atoms with Crippen LogP contribution in [0.5, 0.6) is 17.2 Å². The van der Waals surface area contributed by atoms with E-state index in [0.717, 1.165) is 26.5 Å². The summed E-state index contributed by atoms with van der Waals surface area (Å²) in [5.41, 5.74) is 9.38. The lowest BCUT2D eigenvalue weighted by Gasteiger charge is -2.28. The van der Waals surface area contributed by atoms with Crippen LogP contribution in [-0.2, 0) is 0 Å². The summed E-state index contributed by atoms with van der Waals surface area (Å²) in [4.78, 5) is 0. The zero-order valence-corrected chi connectivity index (χ0v) is 18.8. The van der Waals surface area contributed by atoms with Crippen molar-refractivity contribution in [1.29, 1.82) is 5.26 Å². The predicted molar refractivity (Wildman–Crippen MR) is 119 cm³/mol. The molecular formula is C23H22BrN3O3. The molecule has 1 atom stereocenters. The fraction of sp³-hybridized carbons (Fsp3) is 0.261. The first-order valence-corrected chi connectivity index (χ1v) is 10.3. The van der Waals surface area contributed by atoms with Gasteiger partial charge in [0.1, 0.15) is 17.4 Å². The highest BCUT2D eigenvalue weighted by atomic mass is 79.9. The van der Waals surface area contributed by atoms with Gasteiger partial charge in [-0.15, -0.1) is 0 Å². The summed E-state index contributed by atoms with van der Waals surface area (Å²) in [5, 5.41) is 10.8. The number of fused-ring (bicyclic) bond motifs is 3. The SMILES string of the molecule is COc1cc(C2C(C#N)=C(N)Oc3c2ccc2c3ccn2C(C)C)cc(Br)c1OC. The molecule has 30 heavy (non-hydrogen) atoms. The predicted octanol–water partition coefficient (Wildman–Crippen LogP) is 5.22. The van der Waals surface area contributed by atoms with Crippen molar-refractivity contribution in [2.24, 2.45) is 5.73 Å². The normalized spacial score (nSPS) is 15.7. The van der Waals surface area contributed by atoms with E-state index >= 15 is 0 Å². The van der Waals surface area contributed by atoms with Crippen molar-refractivity contribution in [1.82, 2.24) is 4.57 Å². The van der Waals surface area contributed by atoms with E-state index in [-0.39, 0.29) is 11.8 Å². The molecule has 1 unspecified atom stereocenters. The zero-order valence-electron chi connectivity index (χ0n) is 17.2. The molecule has 0 amide bonds. The summed E-state index contributed by atoms with van der Waals surface area (Å²) in [6.45, 7) is 4.26. The summed E-state index contributed by atoms with van der Waals surface area (Å²) >= 11 is 3.55. The first-order valence-electron chi connectivity index (χ1n) is 9.53. The van der Waals surface area contributed by atoms with Crippen LogP contribution >= 0.6 is 15.9 Å². The van der Waals surface area contributed by atoms with Crippen LogP contribution in [0.4, 0.5) is 0 Å². The smallest absolute Gasteiger partial charge is 0.205 e. The third-order valence-corrected chi connectivity index (χ3v) is 6.02. The number of nitrogens with two attached hydrogens (primary N) is 1. The van der Waals surface area contributed by atoms with Gasteiger partial charge in [-0.25, -0.2) is 0 Å². The second-order valence-electron chi connectivity index (χ2n) is 7.40. The molecular weight excluding hydrogens is 446 g/mol. The van der Waals surface area contributed by atoms with Crippen LogP contribution in [0.25, 0.3) is 10.9 Å². The lowest BCUT2D eigenvalue weighted by Crippen LogP contribution is -2.21. The molecule has 0 radical (unpaired) electrons. The third kappa shape index (κ3) is 2.99. The molecule has 6 nitrogen and oxygen atoms in total. The Morgan fingerprint density at radius 3 is 2.60 bits per heavy atom. The topological polar surface area (TPSA) is 82.4 Å². The lowest BCUT2D eigenvalue weighted by atomic mass is 9.83. The van der Waals surface area contributed by atoms with Crippen LogP contribution in [-0.4, -0.2) is 18.8 Å². The van der Waals surface area contributed by atoms with Gasteiger partial charge in [-0.1, -0.05) is 6.07 Å². The number of ether oxygens (including phenoxy) is 3. The monoisotopic (exact) mass is 467 g/mol. The first-order chi connectivity index (χ1) is 14.4. The summed E-state index contributed by atoms with van der Waals surface area (Å²) in [6, 6.07) is 12.4. The fourth-order valence-electron chi connectivity index (χ4n) is 4.05. The zero-order chi connectivity index (χ0) is 21.6. The van der Waals surface area contributed by atoms with Crippen LogP contribution in [0, 0.1) is 11.3 Å². The number of hydrogen-bond donors (Lipinski definition) is 1. The van der Waals surface area contributed by atoms with E-state index in [1.807, 2.05) is 30.5 Å². The van der Waals surface area contributed by atoms with E-state index in [1.54, 1.807) is 14.2 Å². The molecule has 0 saturated carbocycles. The number of methoxy groups -OCH3 is 2. The van der Waals surface area contributed by atoms with Gasteiger partial charge in [0.15, 0.2) is 11.5 Å². The average Bonchev–Trinajstić information content (AvgIpc) is 3.17. The molecule has 0 aliphatic carbocycles. The molecule has 1 aromatic heterocycles. The van der Waals surface area contributed by atoms with Crippen molar-refractivity contribution >= 4 is 26.8 Å². The minimum absolute atomic E-state index is 0.116. The second-order valence-corrected chi connectivity index (χ2v) is 8.25. The maximum Gasteiger partial charge on any atom is 0.205 e. The molecule has 3 aromatic rings. The average molecular weight is 468 g/mol. The van der Waals surface area contributed by atoms with Crippen molar-refractivity contribution in [2.45, 2.75) is 25.8 Å². The van der Waals surface area contributed by atoms with E-state index < -0.39 is 0 Å². The Hall–Kier alpha value is -3.11. The second kappa shape index (κ2) is 7.62. The molecule has 1 aliphatic rings. The number of rotatable bonds is 4. The number of aromatic nitrogens is 1. The largest absolute Gasteiger partial charge is 0.493 e. The highest BCUT2D eigenvalue weighted by Gasteiger charge is 2.33. The lowest BCUT2D eigenvalue weighted by molar-refractivity contribution is 0.352. The Morgan fingerprint density at radius 2 is 1.97 bits per heavy atom. The molecule has 4 rings (SSSR count). The van der Waals surface area contributed by atoms with Crippen molar-refractivity contribution < 1.29 is 14.2 Å². The Bertz CT molecular complexity index is 1220. The quantitative estimate of drug-likeness (QED) is 0.568. The van der Waals surface area contributed by atoms with Crippen LogP contribution in [0.15, 0.2) is 52.5 Å². The van der Waals surface area contributed by atoms with E-state index in [4.69, 9.17) is 19.9 Å². The van der Waals surface area contributed by atoms with Gasteiger partial charge in [-0.3, -0.25) is 0 Å². The Morgan fingerprint density at radius 1 is 1.20 bits per heavy atom. The Kier molecular flexibility index (Phi) is 5.12. The molecule has 2 heterocycles. The molecule has 0 saturated heterocycles. The van der Waals surface area contributed by atoms with Gasteiger partial charge in [-0.05, 0) is 59.6 Å². The number of allylic oxidation sites excluding steroid dienone is 1. The molecule has 7 heteroatoms. The molecule has 154 valence electrons. The standard InChI is InChI=1S/C23H22BrN3O3/c1-12(2)27-8-7-14-18(27)6-5-15-20(16(11-25)23(26)30-21(14)15)13-9-17(24)22(29-4)19(10-13)28-3/h5-10,12,20H,26H2,1-4H3. The fourth-order valence-corrected chi connectivity index (χ4v) is 4.67. The maximum atomic E-state index is 9.87. The van der Waals surface area contributed by atoms with E-state index in [9.17, 15) is 5.26 Å². The summed E-state index contributed by atoms with van der Waals surface area (Å²) < 4.78 is 19.8.